The highest BCUT2D eigenvalue weighted by Crippen LogP contribution is 2.25. The van der Waals surface area contributed by atoms with Gasteiger partial charge in [-0.3, -0.25) is 9.59 Å². The molecule has 1 N–H and O–H groups in total. The number of hydrogen-bond donors (Lipinski definition) is 1. The zero-order valence-corrected chi connectivity index (χ0v) is 10.9. The van der Waals surface area contributed by atoms with Crippen LogP contribution < -0.4 is 5.32 Å². The third-order valence-electron chi connectivity index (χ3n) is 3.02. The molecule has 0 bridgehead atoms. The molecule has 96 valence electrons. The first-order valence-corrected chi connectivity index (χ1v) is 6.34. The number of rotatable bonds is 2. The van der Waals surface area contributed by atoms with Gasteiger partial charge < -0.3 is 10.2 Å². The van der Waals surface area contributed by atoms with Crippen LogP contribution in [0.25, 0.3) is 0 Å². The van der Waals surface area contributed by atoms with Crippen molar-refractivity contribution in [2.75, 3.05) is 13.1 Å². The van der Waals surface area contributed by atoms with Gasteiger partial charge in [0.25, 0.3) is 0 Å². The largest absolute Gasteiger partial charge is 0.352 e. The molecule has 0 spiro atoms. The minimum atomic E-state index is -0.538. The van der Waals surface area contributed by atoms with E-state index in [0.29, 0.717) is 24.5 Å². The molecular weight excluding hydrogens is 252 g/mol. The van der Waals surface area contributed by atoms with Gasteiger partial charge in [0.05, 0.1) is 0 Å². The van der Waals surface area contributed by atoms with E-state index in [4.69, 9.17) is 11.6 Å². The number of nitrogens with one attached hydrogen (secondary N) is 1. The minimum absolute atomic E-state index is 0.00944. The highest BCUT2D eigenvalue weighted by atomic mass is 35.5. The van der Waals surface area contributed by atoms with Crippen molar-refractivity contribution in [2.24, 2.45) is 0 Å². The maximum atomic E-state index is 12.0. The molecule has 0 aliphatic carbocycles. The Hall–Kier alpha value is -1.55. The summed E-state index contributed by atoms with van der Waals surface area (Å²) in [7, 11) is 0. The summed E-state index contributed by atoms with van der Waals surface area (Å²) in [5, 5.41) is 3.40. The Morgan fingerprint density at radius 1 is 1.44 bits per heavy atom. The van der Waals surface area contributed by atoms with Crippen molar-refractivity contribution in [1.82, 2.24) is 10.2 Å². The van der Waals surface area contributed by atoms with E-state index in [1.807, 2.05) is 0 Å². The molecule has 5 heteroatoms. The Labute approximate surface area is 111 Å². The van der Waals surface area contributed by atoms with E-state index in [-0.39, 0.29) is 11.8 Å². The predicted molar refractivity (Wildman–Crippen MR) is 69.2 cm³/mol. The normalized spacial score (nSPS) is 19.6. The van der Waals surface area contributed by atoms with Crippen LogP contribution in [0, 0.1) is 0 Å². The van der Waals surface area contributed by atoms with Gasteiger partial charge in [0.2, 0.25) is 11.8 Å². The number of hydrogen-bond acceptors (Lipinski definition) is 2. The van der Waals surface area contributed by atoms with Crippen molar-refractivity contribution in [1.29, 1.82) is 0 Å². The van der Waals surface area contributed by atoms with E-state index in [1.54, 1.807) is 36.1 Å². The molecule has 2 rings (SSSR count). The van der Waals surface area contributed by atoms with Gasteiger partial charge in [0.15, 0.2) is 0 Å². The number of carbonyl (C=O) groups excluding carboxylic acids is 2. The second-order valence-corrected chi connectivity index (χ2v) is 4.62. The lowest BCUT2D eigenvalue weighted by Crippen LogP contribution is -2.52. The molecule has 0 saturated carbocycles. The van der Waals surface area contributed by atoms with Crippen LogP contribution in [-0.2, 0) is 9.59 Å². The van der Waals surface area contributed by atoms with Crippen molar-refractivity contribution in [3.05, 3.63) is 34.9 Å². The van der Waals surface area contributed by atoms with Crippen LogP contribution in [-0.4, -0.2) is 29.8 Å². The average Bonchev–Trinajstić information content (AvgIpc) is 2.39. The molecule has 1 saturated heterocycles. The Morgan fingerprint density at radius 3 is 2.72 bits per heavy atom. The minimum Gasteiger partial charge on any atom is -0.352 e. The molecule has 0 radical (unpaired) electrons. The van der Waals surface area contributed by atoms with Gasteiger partial charge in [0, 0.05) is 24.5 Å². The van der Waals surface area contributed by atoms with E-state index >= 15 is 0 Å². The molecule has 1 aromatic rings. The van der Waals surface area contributed by atoms with Crippen molar-refractivity contribution in [3.8, 4) is 0 Å². The third-order valence-corrected chi connectivity index (χ3v) is 3.27. The first-order chi connectivity index (χ1) is 8.63. The molecule has 2 amide bonds. The van der Waals surface area contributed by atoms with Gasteiger partial charge in [0.1, 0.15) is 6.04 Å². The Bertz CT molecular complexity index is 459. The quantitative estimate of drug-likeness (QED) is 0.887. The van der Waals surface area contributed by atoms with Crippen LogP contribution >= 0.6 is 11.6 Å². The Morgan fingerprint density at radius 2 is 2.11 bits per heavy atom. The van der Waals surface area contributed by atoms with Gasteiger partial charge in [-0.25, -0.2) is 0 Å². The van der Waals surface area contributed by atoms with E-state index in [0.717, 1.165) is 5.56 Å². The summed E-state index contributed by atoms with van der Waals surface area (Å²) in [4.78, 5) is 25.5. The summed E-state index contributed by atoms with van der Waals surface area (Å²) >= 11 is 5.83. The lowest BCUT2D eigenvalue weighted by atomic mass is 10.0. The van der Waals surface area contributed by atoms with Crippen molar-refractivity contribution < 1.29 is 9.59 Å². The number of amides is 2. The summed E-state index contributed by atoms with van der Waals surface area (Å²) < 4.78 is 0. The lowest BCUT2D eigenvalue weighted by Gasteiger charge is -2.35. The van der Waals surface area contributed by atoms with Crippen LogP contribution in [0.15, 0.2) is 24.3 Å². The molecule has 1 aromatic carbocycles. The fraction of sp³-hybridized carbons (Fsp3) is 0.385. The standard InChI is InChI=1S/C13H15ClN2O2/c1-2-11(17)16-8-7-15-13(18)12(16)9-3-5-10(14)6-4-9/h3-6,12H,2,7-8H2,1H3,(H,15,18). The molecule has 1 aliphatic heterocycles. The molecule has 1 aliphatic rings. The van der Waals surface area contributed by atoms with Gasteiger partial charge in [-0.2, -0.15) is 0 Å². The molecule has 1 unspecified atom stereocenters. The number of piperazine rings is 1. The summed E-state index contributed by atoms with van der Waals surface area (Å²) in [5.41, 5.74) is 0.790. The summed E-state index contributed by atoms with van der Waals surface area (Å²) in [6.45, 7) is 2.86. The third kappa shape index (κ3) is 2.48. The molecule has 1 heterocycles. The fourth-order valence-corrected chi connectivity index (χ4v) is 2.24. The smallest absolute Gasteiger partial charge is 0.247 e. The van der Waals surface area contributed by atoms with Crippen molar-refractivity contribution in [2.45, 2.75) is 19.4 Å². The zero-order valence-electron chi connectivity index (χ0n) is 10.1. The molecule has 4 nitrogen and oxygen atoms in total. The first-order valence-electron chi connectivity index (χ1n) is 5.96. The van der Waals surface area contributed by atoms with E-state index in [1.165, 1.54) is 0 Å². The Kier molecular flexibility index (Phi) is 3.87. The van der Waals surface area contributed by atoms with Crippen molar-refractivity contribution in [3.63, 3.8) is 0 Å². The van der Waals surface area contributed by atoms with E-state index < -0.39 is 6.04 Å². The topological polar surface area (TPSA) is 49.4 Å². The molecule has 18 heavy (non-hydrogen) atoms. The van der Waals surface area contributed by atoms with E-state index in [2.05, 4.69) is 5.32 Å². The molecular formula is C13H15ClN2O2. The molecule has 0 aromatic heterocycles. The SMILES string of the molecule is CCC(=O)N1CCNC(=O)C1c1ccc(Cl)cc1. The van der Waals surface area contributed by atoms with Crippen LogP contribution in [0.2, 0.25) is 5.02 Å². The number of halogens is 1. The predicted octanol–water partition coefficient (Wildman–Crippen LogP) is 1.75. The van der Waals surface area contributed by atoms with Crippen LogP contribution in [0.1, 0.15) is 24.9 Å². The second-order valence-electron chi connectivity index (χ2n) is 4.19. The van der Waals surface area contributed by atoms with E-state index in [9.17, 15) is 9.59 Å². The summed E-state index contributed by atoms with van der Waals surface area (Å²) in [6.07, 6.45) is 0.400. The van der Waals surface area contributed by atoms with Gasteiger partial charge in [-0.05, 0) is 17.7 Å². The maximum Gasteiger partial charge on any atom is 0.247 e. The van der Waals surface area contributed by atoms with Crippen LogP contribution in [0.4, 0.5) is 0 Å². The molecule has 1 atom stereocenters. The highest BCUT2D eigenvalue weighted by Gasteiger charge is 2.33. The average molecular weight is 267 g/mol. The first kappa shape index (κ1) is 12.9. The summed E-state index contributed by atoms with van der Waals surface area (Å²) in [5.74, 6) is -0.143. The fourth-order valence-electron chi connectivity index (χ4n) is 2.12. The van der Waals surface area contributed by atoms with Crippen LogP contribution in [0.5, 0.6) is 0 Å². The highest BCUT2D eigenvalue weighted by molar-refractivity contribution is 6.30. The lowest BCUT2D eigenvalue weighted by molar-refractivity contribution is -0.143. The Balaban J connectivity index is 2.32. The van der Waals surface area contributed by atoms with Crippen molar-refractivity contribution >= 4 is 23.4 Å². The number of carbonyl (C=O) groups is 2. The number of nitrogens with zero attached hydrogens (tertiary/aromatic N) is 1. The van der Waals surface area contributed by atoms with Gasteiger partial charge in [-0.15, -0.1) is 0 Å². The summed E-state index contributed by atoms with van der Waals surface area (Å²) in [6, 6.07) is 6.49. The molecule has 1 fully saturated rings. The van der Waals surface area contributed by atoms with Crippen LogP contribution in [0.3, 0.4) is 0 Å². The monoisotopic (exact) mass is 266 g/mol. The second kappa shape index (κ2) is 5.40. The number of benzene rings is 1. The maximum absolute atomic E-state index is 12.0. The zero-order chi connectivity index (χ0) is 13.1. The van der Waals surface area contributed by atoms with Gasteiger partial charge >= 0.3 is 0 Å². The van der Waals surface area contributed by atoms with Gasteiger partial charge in [-0.1, -0.05) is 30.7 Å².